The summed E-state index contributed by atoms with van der Waals surface area (Å²) in [7, 11) is 0. The molecule has 0 radical (unpaired) electrons. The van der Waals surface area contributed by atoms with Gasteiger partial charge in [0.2, 0.25) is 5.91 Å². The molecule has 1 aliphatic carbocycles. The van der Waals surface area contributed by atoms with Crippen molar-refractivity contribution in [2.75, 3.05) is 6.54 Å². The van der Waals surface area contributed by atoms with Gasteiger partial charge in [0.15, 0.2) is 0 Å². The highest BCUT2D eigenvalue weighted by Crippen LogP contribution is 2.39. The molecule has 2 heterocycles. The number of fused-ring (bicyclic) bond motifs is 1. The number of carbonyl (C=O) groups excluding carboxylic acids is 2. The minimum atomic E-state index is -0.423. The van der Waals surface area contributed by atoms with E-state index >= 15 is 0 Å². The van der Waals surface area contributed by atoms with Crippen molar-refractivity contribution < 1.29 is 9.59 Å². The van der Waals surface area contributed by atoms with E-state index in [4.69, 9.17) is 11.6 Å². The number of rotatable bonds is 2. The number of piperidine rings is 1. The highest BCUT2D eigenvalue weighted by molar-refractivity contribution is 6.29. The van der Waals surface area contributed by atoms with Gasteiger partial charge in [-0.15, -0.1) is 0 Å². The molecule has 3 atom stereocenters. The maximum absolute atomic E-state index is 13.2. The van der Waals surface area contributed by atoms with Crippen LogP contribution in [0.1, 0.15) is 63.2 Å². The first-order chi connectivity index (χ1) is 12.2. The van der Waals surface area contributed by atoms with Gasteiger partial charge >= 0.3 is 0 Å². The second-order valence-corrected chi connectivity index (χ2v) is 9.01. The Hall–Kier alpha value is -1.62. The molecule has 2 amide bonds. The highest BCUT2D eigenvalue weighted by atomic mass is 35.5. The molecule has 1 aromatic heterocycles. The molecule has 1 aliphatic heterocycles. The van der Waals surface area contributed by atoms with E-state index in [0.717, 1.165) is 19.3 Å². The summed E-state index contributed by atoms with van der Waals surface area (Å²) in [6.07, 6.45) is 7.02. The Balaban J connectivity index is 1.87. The maximum Gasteiger partial charge on any atom is 0.254 e. The SMILES string of the molecule is CC(C)(C)NC(=O)[C@@H]1C[C@@H]2CCCC[C@@H]2CN1C(=O)c1ccnc(Cl)c1. The number of hydrogen-bond donors (Lipinski definition) is 1. The number of nitrogens with one attached hydrogen (secondary N) is 1. The summed E-state index contributed by atoms with van der Waals surface area (Å²) >= 11 is 5.96. The van der Waals surface area contributed by atoms with E-state index in [1.54, 1.807) is 17.0 Å². The Morgan fingerprint density at radius 1 is 1.23 bits per heavy atom. The van der Waals surface area contributed by atoms with Crippen LogP contribution >= 0.6 is 11.6 Å². The molecule has 0 unspecified atom stereocenters. The molecule has 2 aliphatic rings. The van der Waals surface area contributed by atoms with Crippen molar-refractivity contribution in [1.29, 1.82) is 0 Å². The number of pyridine rings is 1. The molecule has 1 saturated carbocycles. The first-order valence-corrected chi connectivity index (χ1v) is 9.87. The Bertz CT molecular complexity index is 686. The van der Waals surface area contributed by atoms with Gasteiger partial charge in [-0.05, 0) is 57.6 Å². The van der Waals surface area contributed by atoms with Crippen LogP contribution in [-0.4, -0.2) is 39.8 Å². The zero-order valence-corrected chi connectivity index (χ0v) is 16.6. The monoisotopic (exact) mass is 377 g/mol. The normalized spacial score (nSPS) is 26.2. The first kappa shape index (κ1) is 19.2. The number of amides is 2. The van der Waals surface area contributed by atoms with Crippen LogP contribution in [0.3, 0.4) is 0 Å². The summed E-state index contributed by atoms with van der Waals surface area (Å²) < 4.78 is 0. The molecule has 6 heteroatoms. The smallest absolute Gasteiger partial charge is 0.254 e. The molecular weight excluding hydrogens is 350 g/mol. The molecule has 26 heavy (non-hydrogen) atoms. The fourth-order valence-corrected chi connectivity index (χ4v) is 4.43. The number of nitrogens with zero attached hydrogens (tertiary/aromatic N) is 2. The van der Waals surface area contributed by atoms with Crippen molar-refractivity contribution in [2.24, 2.45) is 11.8 Å². The third-order valence-corrected chi connectivity index (χ3v) is 5.64. The van der Waals surface area contributed by atoms with Gasteiger partial charge in [0.1, 0.15) is 11.2 Å². The number of halogens is 1. The summed E-state index contributed by atoms with van der Waals surface area (Å²) in [6.45, 7) is 6.54. The standard InChI is InChI=1S/C20H28ClN3O2/c1-20(2,3)23-18(25)16-10-13-6-4-5-7-15(13)12-24(16)19(26)14-8-9-22-17(21)11-14/h8-9,11,13,15-16H,4-7,10,12H2,1-3H3,(H,23,25)/t13-,15+,16-/m0/s1. The fraction of sp³-hybridized carbons (Fsp3) is 0.650. The fourth-order valence-electron chi connectivity index (χ4n) is 4.26. The molecule has 142 valence electrons. The van der Waals surface area contributed by atoms with Gasteiger partial charge in [0, 0.05) is 23.8 Å². The van der Waals surface area contributed by atoms with Crippen LogP contribution in [0.2, 0.25) is 5.15 Å². The predicted octanol–water partition coefficient (Wildman–Crippen LogP) is 3.67. The Kier molecular flexibility index (Phi) is 5.56. The van der Waals surface area contributed by atoms with E-state index in [1.807, 2.05) is 20.8 Å². The zero-order chi connectivity index (χ0) is 18.9. The largest absolute Gasteiger partial charge is 0.350 e. The first-order valence-electron chi connectivity index (χ1n) is 9.49. The number of hydrogen-bond acceptors (Lipinski definition) is 3. The quantitative estimate of drug-likeness (QED) is 0.800. The minimum Gasteiger partial charge on any atom is -0.350 e. The van der Waals surface area contributed by atoms with Gasteiger partial charge in [0.05, 0.1) is 0 Å². The average Bonchev–Trinajstić information content (AvgIpc) is 2.58. The van der Waals surface area contributed by atoms with Crippen LogP contribution in [0.25, 0.3) is 0 Å². The summed E-state index contributed by atoms with van der Waals surface area (Å²) in [4.78, 5) is 31.8. The summed E-state index contributed by atoms with van der Waals surface area (Å²) in [6, 6.07) is 2.82. The van der Waals surface area contributed by atoms with Crippen LogP contribution in [0, 0.1) is 11.8 Å². The van der Waals surface area contributed by atoms with Gasteiger partial charge < -0.3 is 10.2 Å². The van der Waals surface area contributed by atoms with Crippen LogP contribution in [-0.2, 0) is 4.79 Å². The average molecular weight is 378 g/mol. The van der Waals surface area contributed by atoms with Gasteiger partial charge in [-0.3, -0.25) is 9.59 Å². The number of likely N-dealkylation sites (tertiary alicyclic amines) is 1. The van der Waals surface area contributed by atoms with Crippen molar-refractivity contribution >= 4 is 23.4 Å². The van der Waals surface area contributed by atoms with Gasteiger partial charge in [-0.2, -0.15) is 0 Å². The van der Waals surface area contributed by atoms with Gasteiger partial charge in [-0.25, -0.2) is 4.98 Å². The van der Waals surface area contributed by atoms with E-state index in [2.05, 4.69) is 10.3 Å². The zero-order valence-electron chi connectivity index (χ0n) is 15.8. The lowest BCUT2D eigenvalue weighted by molar-refractivity contribution is -0.130. The van der Waals surface area contributed by atoms with Crippen LogP contribution < -0.4 is 5.32 Å². The van der Waals surface area contributed by atoms with E-state index in [9.17, 15) is 9.59 Å². The second kappa shape index (κ2) is 7.55. The lowest BCUT2D eigenvalue weighted by atomic mass is 9.72. The van der Waals surface area contributed by atoms with E-state index in [1.165, 1.54) is 19.0 Å². The Morgan fingerprint density at radius 3 is 2.58 bits per heavy atom. The Labute approximate surface area is 160 Å². The molecule has 1 saturated heterocycles. The number of carbonyl (C=O) groups is 2. The topological polar surface area (TPSA) is 62.3 Å². The molecule has 0 spiro atoms. The predicted molar refractivity (Wildman–Crippen MR) is 102 cm³/mol. The highest BCUT2D eigenvalue weighted by Gasteiger charge is 2.42. The van der Waals surface area contributed by atoms with Crippen molar-refractivity contribution in [3.05, 3.63) is 29.0 Å². The lowest BCUT2D eigenvalue weighted by Crippen LogP contribution is -2.59. The molecule has 0 bridgehead atoms. The van der Waals surface area contributed by atoms with Crippen LogP contribution in [0.4, 0.5) is 0 Å². The van der Waals surface area contributed by atoms with Crippen LogP contribution in [0.5, 0.6) is 0 Å². The maximum atomic E-state index is 13.2. The van der Waals surface area contributed by atoms with Gasteiger partial charge in [-0.1, -0.05) is 30.9 Å². The van der Waals surface area contributed by atoms with Crippen LogP contribution in [0.15, 0.2) is 18.3 Å². The molecule has 0 aromatic carbocycles. The van der Waals surface area contributed by atoms with E-state index in [-0.39, 0.29) is 17.4 Å². The van der Waals surface area contributed by atoms with Crippen molar-refractivity contribution in [1.82, 2.24) is 15.2 Å². The van der Waals surface area contributed by atoms with Crippen molar-refractivity contribution in [2.45, 2.75) is 64.5 Å². The Morgan fingerprint density at radius 2 is 1.92 bits per heavy atom. The lowest BCUT2D eigenvalue weighted by Gasteiger charge is -2.46. The molecule has 5 nitrogen and oxygen atoms in total. The molecular formula is C20H28ClN3O2. The molecule has 2 fully saturated rings. The molecule has 1 aromatic rings. The van der Waals surface area contributed by atoms with E-state index in [0.29, 0.717) is 29.1 Å². The van der Waals surface area contributed by atoms with Crippen molar-refractivity contribution in [3.63, 3.8) is 0 Å². The third kappa shape index (κ3) is 4.37. The summed E-state index contributed by atoms with van der Waals surface area (Å²) in [5.41, 5.74) is 0.169. The van der Waals surface area contributed by atoms with Crippen molar-refractivity contribution in [3.8, 4) is 0 Å². The number of aromatic nitrogens is 1. The second-order valence-electron chi connectivity index (χ2n) is 8.62. The summed E-state index contributed by atoms with van der Waals surface area (Å²) in [5.74, 6) is 0.829. The minimum absolute atomic E-state index is 0.0602. The third-order valence-electron chi connectivity index (χ3n) is 5.44. The van der Waals surface area contributed by atoms with E-state index < -0.39 is 6.04 Å². The van der Waals surface area contributed by atoms with Gasteiger partial charge in [0.25, 0.3) is 5.91 Å². The molecule has 1 N–H and O–H groups in total. The summed E-state index contributed by atoms with van der Waals surface area (Å²) in [5, 5.41) is 3.35. The molecule has 3 rings (SSSR count).